The van der Waals surface area contributed by atoms with Gasteiger partial charge in [0.15, 0.2) is 0 Å². The van der Waals surface area contributed by atoms with E-state index in [2.05, 4.69) is 10.0 Å². The number of hydrogen-bond acceptors (Lipinski definition) is 4. The van der Waals surface area contributed by atoms with E-state index in [0.717, 1.165) is 25.1 Å². The van der Waals surface area contributed by atoms with Gasteiger partial charge in [-0.25, -0.2) is 12.8 Å². The summed E-state index contributed by atoms with van der Waals surface area (Å²) in [5.41, 5.74) is 1.35. The number of halogens is 2. The Balaban J connectivity index is 0.00000280. The van der Waals surface area contributed by atoms with Crippen LogP contribution in [0.1, 0.15) is 22.3 Å². The molecule has 6 nitrogen and oxygen atoms in total. The molecule has 1 aliphatic rings. The molecule has 0 bridgehead atoms. The zero-order valence-corrected chi connectivity index (χ0v) is 17.1. The van der Waals surface area contributed by atoms with Crippen molar-refractivity contribution in [2.45, 2.75) is 18.2 Å². The van der Waals surface area contributed by atoms with Gasteiger partial charge in [-0.05, 0) is 61.9 Å². The topological polar surface area (TPSA) is 78.5 Å². The number of carbonyl (C=O) groups excluding carboxylic acids is 1. The van der Waals surface area contributed by atoms with Gasteiger partial charge in [-0.3, -0.25) is 9.52 Å². The van der Waals surface area contributed by atoms with Gasteiger partial charge in [0.2, 0.25) is 0 Å². The number of rotatable bonds is 4. The Bertz CT molecular complexity index is 928. The molecule has 0 aromatic heterocycles. The van der Waals surface area contributed by atoms with Crippen LogP contribution in [0.4, 0.5) is 10.1 Å². The van der Waals surface area contributed by atoms with Crippen molar-refractivity contribution in [1.29, 1.82) is 0 Å². The fraction of sp³-hybridized carbons (Fsp3) is 0.316. The van der Waals surface area contributed by atoms with Crippen molar-refractivity contribution in [3.8, 4) is 0 Å². The Morgan fingerprint density at radius 1 is 1.11 bits per heavy atom. The van der Waals surface area contributed by atoms with Crippen LogP contribution in [0.5, 0.6) is 0 Å². The first-order valence-corrected chi connectivity index (χ1v) is 10.2. The van der Waals surface area contributed by atoms with Crippen molar-refractivity contribution < 1.29 is 17.6 Å². The van der Waals surface area contributed by atoms with Crippen molar-refractivity contribution in [1.82, 2.24) is 10.2 Å². The Kier molecular flexibility index (Phi) is 7.40. The van der Waals surface area contributed by atoms with Crippen LogP contribution in [-0.2, 0) is 10.0 Å². The molecule has 0 aliphatic carbocycles. The van der Waals surface area contributed by atoms with Crippen LogP contribution in [0, 0.1) is 12.7 Å². The minimum Gasteiger partial charge on any atom is -0.337 e. The SMILES string of the molecule is Cc1ccc(S(=O)(=O)Nc2ccc(F)cc2)cc1C(=O)N1CCCNCC1.Cl. The van der Waals surface area contributed by atoms with Gasteiger partial charge >= 0.3 is 0 Å². The van der Waals surface area contributed by atoms with Crippen LogP contribution in [0.25, 0.3) is 0 Å². The van der Waals surface area contributed by atoms with E-state index in [9.17, 15) is 17.6 Å². The van der Waals surface area contributed by atoms with Gasteiger partial charge in [0.25, 0.3) is 15.9 Å². The third kappa shape index (κ3) is 5.21. The molecule has 28 heavy (non-hydrogen) atoms. The third-order valence-corrected chi connectivity index (χ3v) is 5.85. The zero-order valence-electron chi connectivity index (χ0n) is 15.4. The van der Waals surface area contributed by atoms with Crippen LogP contribution in [0.2, 0.25) is 0 Å². The minimum atomic E-state index is -3.89. The summed E-state index contributed by atoms with van der Waals surface area (Å²) >= 11 is 0. The lowest BCUT2D eigenvalue weighted by Crippen LogP contribution is -2.34. The van der Waals surface area contributed by atoms with Crippen molar-refractivity contribution in [3.05, 3.63) is 59.4 Å². The molecule has 2 aromatic rings. The van der Waals surface area contributed by atoms with E-state index in [0.29, 0.717) is 18.7 Å². The number of hydrogen-bond donors (Lipinski definition) is 2. The molecule has 0 unspecified atom stereocenters. The summed E-state index contributed by atoms with van der Waals surface area (Å²) in [6, 6.07) is 9.53. The molecule has 0 radical (unpaired) electrons. The summed E-state index contributed by atoms with van der Waals surface area (Å²) in [5, 5.41) is 3.24. The van der Waals surface area contributed by atoms with E-state index < -0.39 is 15.8 Å². The lowest BCUT2D eigenvalue weighted by atomic mass is 10.1. The molecule has 1 amide bonds. The Labute approximate surface area is 170 Å². The number of carbonyl (C=O) groups is 1. The first kappa shape index (κ1) is 22.1. The van der Waals surface area contributed by atoms with Crippen molar-refractivity contribution in [2.24, 2.45) is 0 Å². The molecular weight excluding hydrogens is 405 g/mol. The second-order valence-corrected chi connectivity index (χ2v) is 8.17. The molecule has 152 valence electrons. The number of nitrogens with zero attached hydrogens (tertiary/aromatic N) is 1. The van der Waals surface area contributed by atoms with Gasteiger partial charge in [-0.1, -0.05) is 6.07 Å². The van der Waals surface area contributed by atoms with E-state index in [1.54, 1.807) is 17.9 Å². The Morgan fingerprint density at radius 3 is 2.54 bits per heavy atom. The summed E-state index contributed by atoms with van der Waals surface area (Å²) in [6.45, 7) is 4.58. The highest BCUT2D eigenvalue weighted by molar-refractivity contribution is 7.92. The molecule has 2 aromatic carbocycles. The molecule has 0 atom stereocenters. The fourth-order valence-corrected chi connectivity index (χ4v) is 4.03. The summed E-state index contributed by atoms with van der Waals surface area (Å²) in [6.07, 6.45) is 0.856. The molecule has 9 heteroatoms. The minimum absolute atomic E-state index is 0. The Morgan fingerprint density at radius 2 is 1.82 bits per heavy atom. The predicted octanol–water partition coefficient (Wildman–Crippen LogP) is 2.79. The van der Waals surface area contributed by atoms with Gasteiger partial charge in [-0.15, -0.1) is 12.4 Å². The van der Waals surface area contributed by atoms with Crippen LogP contribution < -0.4 is 10.0 Å². The molecule has 1 fully saturated rings. The molecule has 0 saturated carbocycles. The quantitative estimate of drug-likeness (QED) is 0.786. The van der Waals surface area contributed by atoms with E-state index in [1.807, 2.05) is 0 Å². The first-order chi connectivity index (χ1) is 12.9. The highest BCUT2D eigenvalue weighted by Crippen LogP contribution is 2.21. The van der Waals surface area contributed by atoms with Gasteiger partial charge in [0.1, 0.15) is 5.82 Å². The summed E-state index contributed by atoms with van der Waals surface area (Å²) < 4.78 is 40.7. The van der Waals surface area contributed by atoms with Crippen molar-refractivity contribution in [2.75, 3.05) is 30.9 Å². The average Bonchev–Trinajstić information content (AvgIpc) is 2.92. The average molecular weight is 428 g/mol. The second kappa shape index (κ2) is 9.36. The van der Waals surface area contributed by atoms with Crippen LogP contribution in [-0.4, -0.2) is 45.4 Å². The molecular formula is C19H23ClFN3O3S. The highest BCUT2D eigenvalue weighted by atomic mass is 35.5. The number of anilines is 1. The van der Waals surface area contributed by atoms with Gasteiger partial charge < -0.3 is 10.2 Å². The normalized spacial score (nSPS) is 14.7. The van der Waals surface area contributed by atoms with E-state index >= 15 is 0 Å². The lowest BCUT2D eigenvalue weighted by molar-refractivity contribution is 0.0765. The number of benzene rings is 2. The molecule has 0 spiro atoms. The van der Waals surface area contributed by atoms with E-state index in [1.165, 1.54) is 36.4 Å². The molecule has 1 saturated heterocycles. The maximum Gasteiger partial charge on any atom is 0.261 e. The third-order valence-electron chi connectivity index (χ3n) is 4.47. The van der Waals surface area contributed by atoms with E-state index in [-0.39, 0.29) is 28.9 Å². The molecule has 3 rings (SSSR count). The fourth-order valence-electron chi connectivity index (χ4n) is 2.95. The van der Waals surface area contributed by atoms with Crippen LogP contribution in [0.15, 0.2) is 47.4 Å². The summed E-state index contributed by atoms with van der Waals surface area (Å²) in [4.78, 5) is 14.6. The number of nitrogens with one attached hydrogen (secondary N) is 2. The van der Waals surface area contributed by atoms with Gasteiger partial charge in [0, 0.05) is 30.9 Å². The number of sulfonamides is 1. The molecule has 1 aliphatic heterocycles. The van der Waals surface area contributed by atoms with E-state index in [4.69, 9.17) is 0 Å². The largest absolute Gasteiger partial charge is 0.337 e. The van der Waals surface area contributed by atoms with Gasteiger partial charge in [-0.2, -0.15) is 0 Å². The van der Waals surface area contributed by atoms with Gasteiger partial charge in [0.05, 0.1) is 4.90 Å². The smallest absolute Gasteiger partial charge is 0.261 e. The summed E-state index contributed by atoms with van der Waals surface area (Å²) in [7, 11) is -3.89. The Hall–Kier alpha value is -2.16. The molecule has 2 N–H and O–H groups in total. The second-order valence-electron chi connectivity index (χ2n) is 6.48. The first-order valence-electron chi connectivity index (χ1n) is 8.76. The maximum atomic E-state index is 13.0. The maximum absolute atomic E-state index is 13.0. The standard InChI is InChI=1S/C19H22FN3O3S.ClH/c1-14-3-8-17(27(25,26)22-16-6-4-15(20)5-7-16)13-18(14)19(24)23-11-2-9-21-10-12-23;/h3-8,13,21-22H,2,9-12H2,1H3;1H. The molecule has 1 heterocycles. The van der Waals surface area contributed by atoms with Crippen molar-refractivity contribution in [3.63, 3.8) is 0 Å². The van der Waals surface area contributed by atoms with Crippen LogP contribution in [0.3, 0.4) is 0 Å². The highest BCUT2D eigenvalue weighted by Gasteiger charge is 2.22. The lowest BCUT2D eigenvalue weighted by Gasteiger charge is -2.21. The van der Waals surface area contributed by atoms with Crippen molar-refractivity contribution >= 4 is 34.0 Å². The summed E-state index contributed by atoms with van der Waals surface area (Å²) in [5.74, 6) is -0.622. The number of amides is 1. The predicted molar refractivity (Wildman–Crippen MR) is 109 cm³/mol. The number of aryl methyl sites for hydroxylation is 1. The zero-order chi connectivity index (χ0) is 19.4. The van der Waals surface area contributed by atoms with Crippen LogP contribution >= 0.6 is 12.4 Å². The monoisotopic (exact) mass is 427 g/mol.